The fourth-order valence-corrected chi connectivity index (χ4v) is 9.57. The van der Waals surface area contributed by atoms with Crippen LogP contribution in [0, 0.1) is 25.5 Å². The van der Waals surface area contributed by atoms with Gasteiger partial charge in [-0.25, -0.2) is 8.42 Å². The maximum atomic E-state index is 14.6. The molecule has 0 aliphatic heterocycles. The molecule has 0 atom stereocenters. The summed E-state index contributed by atoms with van der Waals surface area (Å²) in [6, 6.07) is 3.39. The Morgan fingerprint density at radius 1 is 0.714 bits per heavy atom. The van der Waals surface area contributed by atoms with Gasteiger partial charge in [-0.3, -0.25) is 0 Å². The van der Waals surface area contributed by atoms with E-state index in [1.54, 1.807) is 0 Å². The maximum absolute atomic E-state index is 14.6. The van der Waals surface area contributed by atoms with Crippen molar-refractivity contribution >= 4 is 46.8 Å². The van der Waals surface area contributed by atoms with Crippen molar-refractivity contribution in [2.75, 3.05) is 0 Å². The quantitative estimate of drug-likeness (QED) is 0.138. The topological polar surface area (TPSA) is 57.2 Å². The van der Waals surface area contributed by atoms with Crippen LogP contribution in [0.25, 0.3) is 17.6 Å². The third-order valence-corrected chi connectivity index (χ3v) is 11.7. The molecule has 3 rings (SSSR count). The second-order valence-electron chi connectivity index (χ2n) is 6.99. The monoisotopic (exact) mass is 664 g/mol. The molecule has 0 radical (unpaired) electrons. The van der Waals surface area contributed by atoms with E-state index in [2.05, 4.69) is 0 Å². The molecule has 17 heteroatoms. The van der Waals surface area contributed by atoms with Gasteiger partial charge in [0.15, 0.2) is 10.1 Å². The van der Waals surface area contributed by atoms with Crippen molar-refractivity contribution in [2.45, 2.75) is 35.4 Å². The summed E-state index contributed by atoms with van der Waals surface area (Å²) in [4.78, 5) is 0. The average molecular weight is 662 g/mol. The van der Waals surface area contributed by atoms with E-state index in [-0.39, 0.29) is 21.9 Å². The van der Waals surface area contributed by atoms with Crippen molar-refractivity contribution < 1.29 is 65.7 Å². The van der Waals surface area contributed by atoms with Crippen molar-refractivity contribution in [3.63, 3.8) is 0 Å². The Morgan fingerprint density at radius 2 is 1.03 bits per heavy atom. The summed E-state index contributed by atoms with van der Waals surface area (Å²) >= 11 is -5.10. The molecule has 0 bridgehead atoms. The van der Waals surface area contributed by atoms with E-state index in [9.17, 15) is 52.7 Å². The molecule has 0 fully saturated rings. The van der Waals surface area contributed by atoms with Crippen LogP contribution < -0.4 is 0 Å². The summed E-state index contributed by atoms with van der Waals surface area (Å²) in [5, 5.41) is -0.109. The van der Waals surface area contributed by atoms with E-state index in [4.69, 9.17) is 13.0 Å². The molecule has 2 aromatic carbocycles. The van der Waals surface area contributed by atoms with Gasteiger partial charge < -0.3 is 4.55 Å². The van der Waals surface area contributed by atoms with Gasteiger partial charge in [-0.2, -0.15) is 13.2 Å². The van der Waals surface area contributed by atoms with E-state index in [1.807, 2.05) is 0 Å². The summed E-state index contributed by atoms with van der Waals surface area (Å²) in [7, 11) is -6.09. The number of alkyl halides is 10. The Balaban J connectivity index is 0.000000466. The third kappa shape index (κ3) is 5.23. The smallest absolute Gasteiger partial charge is 0.485 e. The molecule has 0 unspecified atom stereocenters. The van der Waals surface area contributed by atoms with Gasteiger partial charge in [-0.1, -0.05) is 0 Å². The fourth-order valence-electron chi connectivity index (χ4n) is 2.77. The Labute approximate surface area is 194 Å². The Morgan fingerprint density at radius 3 is 1.29 bits per heavy atom. The minimum atomic E-state index is -6.51. The summed E-state index contributed by atoms with van der Waals surface area (Å²) in [5.74, 6) is -8.34. The molecule has 196 valence electrons. The Bertz CT molecular complexity index is 1320. The zero-order valence-electron chi connectivity index (χ0n) is 16.9. The number of fused-ring (bicyclic) bond motifs is 3. The van der Waals surface area contributed by atoms with Crippen LogP contribution in [0.1, 0.15) is 11.1 Å². The normalized spacial score (nSPS) is 13.8. The van der Waals surface area contributed by atoms with Crippen LogP contribution in [0.5, 0.6) is 0 Å². The predicted molar refractivity (Wildman–Crippen MR) is 99.3 cm³/mol. The van der Waals surface area contributed by atoms with E-state index in [1.165, 1.54) is 13.8 Å². The standard InChI is InChI=1S/C17H10F9Te.CHF3O3S/c1-7-3-9-10-4-8(2)12(19)6-14(10)27(13(9)5-11(7)18)17(25,26)15(20,21)16(22,23)24;2-1(3,4)8(5,6)7/h3-6H,1-2H3;(H,5,6,7)/q+1;/p-1. The molecule has 0 N–H and O–H groups in total. The first-order chi connectivity index (χ1) is 15.4. The largest absolute Gasteiger partial charge is 0.741 e. The number of benzene rings is 2. The number of hydrogen-bond donors (Lipinski definition) is 0. The van der Waals surface area contributed by atoms with Crippen LogP contribution >= 0.6 is 0 Å². The molecule has 0 amide bonds. The van der Waals surface area contributed by atoms with Gasteiger partial charge in [0, 0.05) is 0 Å². The Hall–Kier alpha value is -1.70. The van der Waals surface area contributed by atoms with Crippen molar-refractivity contribution in [2.24, 2.45) is 0 Å². The van der Waals surface area contributed by atoms with Crippen LogP contribution in [-0.2, 0) is 14.1 Å². The first-order valence-corrected chi connectivity index (χ1v) is 13.5. The Kier molecular flexibility index (Phi) is 7.59. The molecule has 1 aromatic heterocycles. The number of halogens is 12. The molecule has 0 spiro atoms. The predicted octanol–water partition coefficient (Wildman–Crippen LogP) is 6.43. The molecule has 3 nitrogen and oxygen atoms in total. The van der Waals surface area contributed by atoms with Crippen LogP contribution in [0.3, 0.4) is 0 Å². The fraction of sp³-hybridized carbons (Fsp3) is 0.333. The van der Waals surface area contributed by atoms with Crippen molar-refractivity contribution in [1.82, 2.24) is 0 Å². The van der Waals surface area contributed by atoms with Crippen LogP contribution in [0.2, 0.25) is 0 Å². The molecule has 3 aromatic rings. The summed E-state index contributed by atoms with van der Waals surface area (Å²) < 4.78 is 175. The third-order valence-electron chi connectivity index (χ3n) is 4.51. The number of aryl methyl sites for hydroxylation is 2. The molecule has 1 heterocycles. The molecule has 0 saturated heterocycles. The van der Waals surface area contributed by atoms with Gasteiger partial charge in [0.05, 0.1) is 0 Å². The number of hydrogen-bond acceptors (Lipinski definition) is 3. The zero-order valence-corrected chi connectivity index (χ0v) is 20.0. The first kappa shape index (κ1) is 29.5. The minimum Gasteiger partial charge on any atom is -0.741 e. The number of rotatable bonds is 2. The first-order valence-electron chi connectivity index (χ1n) is 8.64. The average Bonchev–Trinajstić information content (AvgIpc) is 2.93. The zero-order chi connectivity index (χ0) is 27.5. The SMILES string of the molecule is Cc1cc2c3cc(C)c(F)cc3[te+](C(F)(F)C(F)(F)C(F)(F)F)c2cc1F.O=S(=O)([O-])C(F)(F)F. The van der Waals surface area contributed by atoms with Crippen LogP contribution in [-0.4, -0.2) is 49.6 Å². The molecular weight excluding hydrogens is 652 g/mol. The molecule has 0 aliphatic carbocycles. The molecule has 35 heavy (non-hydrogen) atoms. The second kappa shape index (κ2) is 9.00. The van der Waals surface area contributed by atoms with Gasteiger partial charge in [0.25, 0.3) is 0 Å². The van der Waals surface area contributed by atoms with Gasteiger partial charge >= 0.3 is 159 Å². The second-order valence-corrected chi connectivity index (χ2v) is 14.1. The van der Waals surface area contributed by atoms with Crippen molar-refractivity contribution in [1.29, 1.82) is 0 Å². The maximum Gasteiger partial charge on any atom is 0.485 e. The van der Waals surface area contributed by atoms with E-state index in [0.29, 0.717) is 12.1 Å². The molecule has 0 saturated carbocycles. The van der Waals surface area contributed by atoms with Crippen molar-refractivity contribution in [3.05, 3.63) is 47.0 Å². The minimum absolute atomic E-state index is 0.00704. The summed E-state index contributed by atoms with van der Waals surface area (Å²) in [5.41, 5.74) is -5.63. The van der Waals surface area contributed by atoms with Gasteiger partial charge in [0.1, 0.15) is 0 Å². The van der Waals surface area contributed by atoms with Crippen LogP contribution in [0.4, 0.5) is 52.7 Å². The summed E-state index contributed by atoms with van der Waals surface area (Å²) in [6.07, 6.45) is -6.51. The van der Waals surface area contributed by atoms with E-state index in [0.717, 1.165) is 12.1 Å². The summed E-state index contributed by atoms with van der Waals surface area (Å²) in [6.45, 7) is 2.60. The van der Waals surface area contributed by atoms with Crippen molar-refractivity contribution in [3.8, 4) is 0 Å². The molecule has 0 aliphatic rings. The van der Waals surface area contributed by atoms with Crippen LogP contribution in [0.15, 0.2) is 24.3 Å². The van der Waals surface area contributed by atoms with Gasteiger partial charge in [0.2, 0.25) is 0 Å². The van der Waals surface area contributed by atoms with Gasteiger partial charge in [-0.05, 0) is 0 Å². The molecular formula is C18H10F12O3STe. The van der Waals surface area contributed by atoms with E-state index >= 15 is 0 Å². The van der Waals surface area contributed by atoms with Gasteiger partial charge in [-0.15, -0.1) is 0 Å². The van der Waals surface area contributed by atoms with E-state index < -0.39 is 69.2 Å².